The number of esters is 1. The first kappa shape index (κ1) is 12.4. The molecule has 0 spiro atoms. The molecule has 0 saturated carbocycles. The number of methoxy groups -OCH3 is 1. The van der Waals surface area contributed by atoms with Crippen LogP contribution in [0.1, 0.15) is 18.4 Å². The van der Waals surface area contributed by atoms with Crippen LogP contribution in [0, 0.1) is 0 Å². The molecular weight excluding hydrogens is 236 g/mol. The van der Waals surface area contributed by atoms with Crippen molar-refractivity contribution < 1.29 is 23.8 Å². The van der Waals surface area contributed by atoms with E-state index in [1.807, 2.05) is 18.2 Å². The zero-order valence-electron chi connectivity index (χ0n) is 10.1. The van der Waals surface area contributed by atoms with Crippen LogP contribution in [0.4, 0.5) is 0 Å². The van der Waals surface area contributed by atoms with Crippen LogP contribution in [0.5, 0.6) is 11.5 Å². The van der Waals surface area contributed by atoms with E-state index in [9.17, 15) is 9.59 Å². The molecule has 5 heteroatoms. The fourth-order valence-corrected chi connectivity index (χ4v) is 1.78. The van der Waals surface area contributed by atoms with Gasteiger partial charge in [0.2, 0.25) is 6.79 Å². The van der Waals surface area contributed by atoms with Crippen molar-refractivity contribution in [2.45, 2.75) is 19.3 Å². The predicted molar refractivity (Wildman–Crippen MR) is 62.5 cm³/mol. The Morgan fingerprint density at radius 1 is 1.33 bits per heavy atom. The minimum atomic E-state index is -0.502. The van der Waals surface area contributed by atoms with Gasteiger partial charge in [-0.3, -0.25) is 9.59 Å². The van der Waals surface area contributed by atoms with Crippen LogP contribution in [0.15, 0.2) is 18.2 Å². The predicted octanol–water partition coefficient (Wildman–Crippen LogP) is 1.48. The van der Waals surface area contributed by atoms with Gasteiger partial charge in [0.1, 0.15) is 12.2 Å². The van der Waals surface area contributed by atoms with Gasteiger partial charge in [-0.05, 0) is 18.1 Å². The Kier molecular flexibility index (Phi) is 3.82. The molecule has 18 heavy (non-hydrogen) atoms. The second-order valence-corrected chi connectivity index (χ2v) is 3.94. The van der Waals surface area contributed by atoms with E-state index in [1.54, 1.807) is 0 Å². The van der Waals surface area contributed by atoms with Crippen molar-refractivity contribution in [2.24, 2.45) is 0 Å². The number of rotatable bonds is 5. The summed E-state index contributed by atoms with van der Waals surface area (Å²) in [6, 6.07) is 5.56. The van der Waals surface area contributed by atoms with Crippen molar-refractivity contribution in [3.05, 3.63) is 23.8 Å². The molecule has 0 saturated heterocycles. The summed E-state index contributed by atoms with van der Waals surface area (Å²) in [7, 11) is 1.27. The molecule has 1 aromatic carbocycles. The van der Waals surface area contributed by atoms with Gasteiger partial charge in [-0.25, -0.2) is 0 Å². The zero-order chi connectivity index (χ0) is 13.0. The summed E-state index contributed by atoms with van der Waals surface area (Å²) in [5, 5.41) is 0. The molecule has 1 aromatic rings. The maximum atomic E-state index is 11.5. The topological polar surface area (TPSA) is 61.8 Å². The van der Waals surface area contributed by atoms with Crippen molar-refractivity contribution in [1.82, 2.24) is 0 Å². The van der Waals surface area contributed by atoms with Crippen LogP contribution in [-0.2, 0) is 20.7 Å². The van der Waals surface area contributed by atoms with Crippen LogP contribution >= 0.6 is 0 Å². The average molecular weight is 250 g/mol. The van der Waals surface area contributed by atoms with E-state index in [4.69, 9.17) is 9.47 Å². The highest BCUT2D eigenvalue weighted by Crippen LogP contribution is 2.35. The number of hydrogen-bond acceptors (Lipinski definition) is 5. The molecule has 0 aliphatic carbocycles. The number of ether oxygens (including phenoxy) is 3. The lowest BCUT2D eigenvalue weighted by Gasteiger charge is -2.05. The molecule has 96 valence electrons. The number of aryl methyl sites for hydroxylation is 1. The molecule has 0 N–H and O–H groups in total. The third-order valence-electron chi connectivity index (χ3n) is 2.72. The lowest BCUT2D eigenvalue weighted by Crippen LogP contribution is -2.10. The van der Waals surface area contributed by atoms with E-state index in [0.717, 1.165) is 5.56 Å². The molecule has 0 fully saturated rings. The molecule has 0 atom stereocenters. The number of carbonyl (C=O) groups excluding carboxylic acids is 2. The zero-order valence-corrected chi connectivity index (χ0v) is 10.1. The maximum Gasteiger partial charge on any atom is 0.313 e. The van der Waals surface area contributed by atoms with Gasteiger partial charge in [-0.1, -0.05) is 12.1 Å². The average Bonchev–Trinajstić information content (AvgIpc) is 2.84. The van der Waals surface area contributed by atoms with Crippen molar-refractivity contribution in [2.75, 3.05) is 13.9 Å². The van der Waals surface area contributed by atoms with E-state index in [1.165, 1.54) is 7.11 Å². The minimum Gasteiger partial charge on any atom is -0.469 e. The molecule has 1 heterocycles. The van der Waals surface area contributed by atoms with Crippen molar-refractivity contribution >= 4 is 11.8 Å². The van der Waals surface area contributed by atoms with Crippen LogP contribution in [0.2, 0.25) is 0 Å². The van der Waals surface area contributed by atoms with E-state index in [-0.39, 0.29) is 25.4 Å². The number of para-hydroxylation sites is 1. The molecule has 1 aliphatic rings. The molecule has 5 nitrogen and oxygen atoms in total. The largest absolute Gasteiger partial charge is 0.469 e. The monoisotopic (exact) mass is 250 g/mol. The number of Topliss-reactive ketones (excluding diaryl/α,β-unsaturated/α-hetero) is 1. The molecule has 0 bridgehead atoms. The van der Waals surface area contributed by atoms with Gasteiger partial charge >= 0.3 is 5.97 Å². The van der Waals surface area contributed by atoms with Crippen molar-refractivity contribution in [3.63, 3.8) is 0 Å². The summed E-state index contributed by atoms with van der Waals surface area (Å²) in [5.41, 5.74) is 0.920. The van der Waals surface area contributed by atoms with Crippen molar-refractivity contribution in [1.29, 1.82) is 0 Å². The number of hydrogen-bond donors (Lipinski definition) is 0. The first-order valence-corrected chi connectivity index (χ1v) is 5.66. The lowest BCUT2D eigenvalue weighted by molar-refractivity contribution is -0.143. The number of ketones is 1. The van der Waals surface area contributed by atoms with Crippen LogP contribution < -0.4 is 9.47 Å². The second kappa shape index (κ2) is 5.53. The van der Waals surface area contributed by atoms with Gasteiger partial charge in [0.25, 0.3) is 0 Å². The summed E-state index contributed by atoms with van der Waals surface area (Å²) in [5.74, 6) is 0.757. The van der Waals surface area contributed by atoms with E-state index in [2.05, 4.69) is 4.74 Å². The number of carbonyl (C=O) groups is 2. The number of benzene rings is 1. The van der Waals surface area contributed by atoms with Gasteiger partial charge in [0.15, 0.2) is 11.5 Å². The molecule has 0 aromatic heterocycles. The lowest BCUT2D eigenvalue weighted by atomic mass is 10.0. The molecule has 0 amide bonds. The highest BCUT2D eigenvalue weighted by atomic mass is 16.7. The molecule has 1 aliphatic heterocycles. The Hall–Kier alpha value is -2.04. The summed E-state index contributed by atoms with van der Waals surface area (Å²) >= 11 is 0. The minimum absolute atomic E-state index is 0.140. The normalized spacial score (nSPS) is 12.3. The SMILES string of the molecule is COC(=O)CC(=O)CCc1cccc2c1OCO2. The molecule has 0 radical (unpaired) electrons. The first-order chi connectivity index (χ1) is 8.70. The molecular formula is C13H14O5. The van der Waals surface area contributed by atoms with Crippen LogP contribution in [0.25, 0.3) is 0 Å². The van der Waals surface area contributed by atoms with Gasteiger partial charge in [0, 0.05) is 6.42 Å². The van der Waals surface area contributed by atoms with Gasteiger partial charge in [-0.15, -0.1) is 0 Å². The third-order valence-corrected chi connectivity index (χ3v) is 2.72. The van der Waals surface area contributed by atoms with Gasteiger partial charge in [0.05, 0.1) is 7.11 Å². The Bertz CT molecular complexity index is 466. The standard InChI is InChI=1S/C13H14O5/c1-16-12(15)7-10(14)6-5-9-3-2-4-11-13(9)18-8-17-11/h2-4H,5-8H2,1H3. The van der Waals surface area contributed by atoms with E-state index in [0.29, 0.717) is 17.9 Å². The Balaban J connectivity index is 1.93. The fourth-order valence-electron chi connectivity index (χ4n) is 1.78. The summed E-state index contributed by atoms with van der Waals surface area (Å²) in [6.07, 6.45) is 0.639. The van der Waals surface area contributed by atoms with E-state index < -0.39 is 5.97 Å². The quantitative estimate of drug-likeness (QED) is 0.585. The maximum absolute atomic E-state index is 11.5. The first-order valence-electron chi connectivity index (χ1n) is 5.66. The Labute approximate surface area is 105 Å². The Morgan fingerprint density at radius 2 is 2.17 bits per heavy atom. The molecule has 0 unspecified atom stereocenters. The summed E-state index contributed by atoms with van der Waals surface area (Å²) in [6.45, 7) is 0.211. The summed E-state index contributed by atoms with van der Waals surface area (Å²) < 4.78 is 15.0. The summed E-state index contributed by atoms with van der Waals surface area (Å²) in [4.78, 5) is 22.4. The number of fused-ring (bicyclic) bond motifs is 1. The van der Waals surface area contributed by atoms with Gasteiger partial charge < -0.3 is 14.2 Å². The van der Waals surface area contributed by atoms with E-state index >= 15 is 0 Å². The fraction of sp³-hybridized carbons (Fsp3) is 0.385. The van der Waals surface area contributed by atoms with Crippen LogP contribution in [0.3, 0.4) is 0 Å². The highest BCUT2D eigenvalue weighted by molar-refractivity contribution is 5.95. The highest BCUT2D eigenvalue weighted by Gasteiger charge is 2.18. The Morgan fingerprint density at radius 3 is 2.94 bits per heavy atom. The smallest absolute Gasteiger partial charge is 0.313 e. The molecule has 2 rings (SSSR count). The van der Waals surface area contributed by atoms with Crippen LogP contribution in [-0.4, -0.2) is 25.7 Å². The second-order valence-electron chi connectivity index (χ2n) is 3.94. The van der Waals surface area contributed by atoms with Crippen molar-refractivity contribution in [3.8, 4) is 11.5 Å². The van der Waals surface area contributed by atoms with Gasteiger partial charge in [-0.2, -0.15) is 0 Å². The third kappa shape index (κ3) is 2.80.